The normalized spacial score (nSPS) is 24.6. The average Bonchev–Trinajstić information content (AvgIpc) is 3.69. The van der Waals surface area contributed by atoms with Crippen molar-refractivity contribution >= 4 is 33.4 Å². The number of aromatic hydroxyl groups is 1. The van der Waals surface area contributed by atoms with Crippen LogP contribution in [0.3, 0.4) is 0 Å². The molecule has 5 heterocycles. The number of hydrogen-bond acceptors (Lipinski definition) is 11. The fourth-order valence-corrected chi connectivity index (χ4v) is 10.3. The number of ether oxygens (including phenoxy) is 3. The Hall–Kier alpha value is -5.15. The molecule has 0 bridgehead atoms. The highest BCUT2D eigenvalue weighted by atomic mass is 19.1. The van der Waals surface area contributed by atoms with Crippen LogP contribution in [-0.4, -0.2) is 111 Å². The maximum atomic E-state index is 17.4. The van der Waals surface area contributed by atoms with Gasteiger partial charge in [0.1, 0.15) is 34.0 Å². The summed E-state index contributed by atoms with van der Waals surface area (Å²) in [7, 11) is 6.59. The molecule has 2 aromatic carbocycles. The first-order valence-electron chi connectivity index (χ1n) is 20.3. The van der Waals surface area contributed by atoms with Gasteiger partial charge in [0.25, 0.3) is 5.91 Å². The highest BCUT2D eigenvalue weighted by molar-refractivity contribution is 6.02. The van der Waals surface area contributed by atoms with Crippen molar-refractivity contribution in [1.29, 1.82) is 0 Å². The summed E-state index contributed by atoms with van der Waals surface area (Å²) in [5, 5.41) is 16.0. The Morgan fingerprint density at radius 2 is 1.79 bits per heavy atom. The molecule has 13 nitrogen and oxygen atoms in total. The number of pyridine rings is 1. The molecule has 1 amide bonds. The predicted octanol–water partition coefficient (Wildman–Crippen LogP) is 6.73. The molecule has 58 heavy (non-hydrogen) atoms. The zero-order chi connectivity index (χ0) is 40.5. The van der Waals surface area contributed by atoms with Gasteiger partial charge in [-0.15, -0.1) is 0 Å². The van der Waals surface area contributed by atoms with Gasteiger partial charge >= 0.3 is 6.01 Å². The quantitative estimate of drug-likeness (QED) is 0.171. The summed E-state index contributed by atoms with van der Waals surface area (Å²) in [6.45, 7) is 5.15. The topological polar surface area (TPSA) is 131 Å². The van der Waals surface area contributed by atoms with Crippen LogP contribution in [-0.2, 0) is 17.8 Å². The summed E-state index contributed by atoms with van der Waals surface area (Å²) in [5.74, 6) is -1.41. The lowest BCUT2D eigenvalue weighted by Gasteiger charge is -2.59. The lowest BCUT2D eigenvalue weighted by atomic mass is 9.65. The Morgan fingerprint density at radius 1 is 0.983 bits per heavy atom. The Morgan fingerprint density at radius 3 is 2.57 bits per heavy atom. The molecular formula is C43H50F2N8O5. The van der Waals surface area contributed by atoms with Gasteiger partial charge in [-0.3, -0.25) is 14.4 Å². The Bertz CT molecular complexity index is 2420. The van der Waals surface area contributed by atoms with Gasteiger partial charge in [0.15, 0.2) is 11.5 Å². The van der Waals surface area contributed by atoms with Crippen LogP contribution in [0.25, 0.3) is 32.9 Å². The van der Waals surface area contributed by atoms with Crippen LogP contribution in [0.15, 0.2) is 36.4 Å². The van der Waals surface area contributed by atoms with Gasteiger partial charge in [0, 0.05) is 62.2 Å². The number of phenols is 1. The van der Waals surface area contributed by atoms with Crippen molar-refractivity contribution in [2.75, 3.05) is 52.9 Å². The minimum Gasteiger partial charge on any atom is -0.508 e. The Balaban J connectivity index is 1.17. The molecule has 1 N–H and O–H groups in total. The zero-order valence-electron chi connectivity index (χ0n) is 33.7. The summed E-state index contributed by atoms with van der Waals surface area (Å²) >= 11 is 0. The fourth-order valence-electron chi connectivity index (χ4n) is 10.3. The highest BCUT2D eigenvalue weighted by Crippen LogP contribution is 2.57. The van der Waals surface area contributed by atoms with E-state index in [4.69, 9.17) is 24.2 Å². The third kappa shape index (κ3) is 6.19. The number of aromatic nitrogens is 5. The largest absolute Gasteiger partial charge is 0.508 e. The molecule has 2 aliphatic heterocycles. The van der Waals surface area contributed by atoms with E-state index in [1.54, 1.807) is 33.3 Å². The van der Waals surface area contributed by atoms with E-state index in [0.717, 1.165) is 57.2 Å². The highest BCUT2D eigenvalue weighted by Gasteiger charge is 2.59. The molecular weight excluding hydrogens is 747 g/mol. The Kier molecular flexibility index (Phi) is 9.65. The molecule has 0 unspecified atom stereocenters. The summed E-state index contributed by atoms with van der Waals surface area (Å²) in [5.41, 5.74) is 0.588. The number of fused-ring (bicyclic) bond motifs is 4. The summed E-state index contributed by atoms with van der Waals surface area (Å²) in [6, 6.07) is 9.45. The average molecular weight is 797 g/mol. The van der Waals surface area contributed by atoms with Crippen LogP contribution in [0.4, 0.5) is 14.6 Å². The summed E-state index contributed by atoms with van der Waals surface area (Å²) in [6.07, 6.45) is 8.18. The summed E-state index contributed by atoms with van der Waals surface area (Å²) < 4.78 is 53.0. The number of benzene rings is 2. The molecule has 3 fully saturated rings. The van der Waals surface area contributed by atoms with Crippen LogP contribution >= 0.6 is 0 Å². The number of piperidine rings is 1. The van der Waals surface area contributed by atoms with Crippen LogP contribution in [0.2, 0.25) is 0 Å². The van der Waals surface area contributed by atoms with Crippen molar-refractivity contribution in [2.45, 2.75) is 89.1 Å². The summed E-state index contributed by atoms with van der Waals surface area (Å²) in [4.78, 5) is 33.5. The third-order valence-corrected chi connectivity index (χ3v) is 13.5. The maximum absolute atomic E-state index is 17.4. The lowest BCUT2D eigenvalue weighted by Crippen LogP contribution is -2.66. The molecule has 0 radical (unpaired) electrons. The van der Waals surface area contributed by atoms with E-state index in [1.807, 2.05) is 9.58 Å². The number of methoxy groups -OCH3 is 2. The number of carbonyl (C=O) groups is 1. The maximum Gasteiger partial charge on any atom is 0.319 e. The van der Waals surface area contributed by atoms with Gasteiger partial charge in [-0.05, 0) is 88.1 Å². The second-order valence-electron chi connectivity index (χ2n) is 16.9. The minimum absolute atomic E-state index is 0.0117. The van der Waals surface area contributed by atoms with Crippen molar-refractivity contribution in [3.8, 4) is 28.9 Å². The van der Waals surface area contributed by atoms with Gasteiger partial charge in [-0.1, -0.05) is 18.6 Å². The van der Waals surface area contributed by atoms with E-state index in [1.165, 1.54) is 36.3 Å². The molecule has 306 valence electrons. The van der Waals surface area contributed by atoms with E-state index < -0.39 is 11.6 Å². The van der Waals surface area contributed by atoms with E-state index in [-0.39, 0.29) is 62.0 Å². The van der Waals surface area contributed by atoms with E-state index in [0.29, 0.717) is 61.7 Å². The molecule has 2 aliphatic carbocycles. The first kappa shape index (κ1) is 38.4. The number of aryl methyl sites for hydroxylation is 1. The van der Waals surface area contributed by atoms with Gasteiger partial charge in [-0.2, -0.15) is 15.1 Å². The van der Waals surface area contributed by atoms with Gasteiger partial charge < -0.3 is 29.1 Å². The first-order valence-corrected chi connectivity index (χ1v) is 20.3. The smallest absolute Gasteiger partial charge is 0.319 e. The molecule has 2 saturated carbocycles. The molecule has 3 aromatic heterocycles. The van der Waals surface area contributed by atoms with Crippen LogP contribution < -0.4 is 14.4 Å². The van der Waals surface area contributed by atoms with Crippen molar-refractivity contribution < 1.29 is 32.9 Å². The number of likely N-dealkylation sites (tertiary alicyclic amines) is 1. The number of nitrogens with zero attached hydrogens (tertiary/aromatic N) is 8. The van der Waals surface area contributed by atoms with Crippen molar-refractivity contribution in [3.05, 3.63) is 59.4 Å². The van der Waals surface area contributed by atoms with Gasteiger partial charge in [0.2, 0.25) is 5.88 Å². The molecule has 0 spiro atoms. The molecule has 2 atom stereocenters. The first-order chi connectivity index (χ1) is 27.9. The van der Waals surface area contributed by atoms with E-state index in [2.05, 4.69) is 21.9 Å². The van der Waals surface area contributed by atoms with E-state index >= 15 is 8.78 Å². The van der Waals surface area contributed by atoms with Crippen LogP contribution in [0.5, 0.6) is 17.6 Å². The second-order valence-corrected chi connectivity index (χ2v) is 16.9. The molecule has 4 aliphatic rings. The van der Waals surface area contributed by atoms with Crippen LogP contribution in [0.1, 0.15) is 74.5 Å². The zero-order valence-corrected chi connectivity index (χ0v) is 33.7. The van der Waals surface area contributed by atoms with Gasteiger partial charge in [-0.25, -0.2) is 13.8 Å². The predicted molar refractivity (Wildman–Crippen MR) is 214 cm³/mol. The molecule has 9 rings (SSSR count). The van der Waals surface area contributed by atoms with Crippen molar-refractivity contribution in [2.24, 2.45) is 5.41 Å². The lowest BCUT2D eigenvalue weighted by molar-refractivity contribution is -0.128. The second kappa shape index (κ2) is 14.6. The number of rotatable bonds is 9. The fraction of sp³-hybridized carbons (Fsp3) is 0.512. The number of halogens is 2. The standard InChI is InChI=1S/C43H50F2N8O5/c1-42-12-7-13-43(42,14-8-16-52(42)26-19-29(20-26)56-4)24-58-41-47-37-34(38(48-41)51-15-9-17-53-27(23-51)21-32(49-53)40(55)50(2)3)39(57-5)46-36(35(37)45)30-22-28(54)18-25-10-6-11-31(44)33(25)30/h6,10-11,18,21-22,26,29,54H,7-9,12-17,19-20,23-24H2,1-5H3/t26?,29?,42-,43-/m1/s1. The minimum atomic E-state index is -0.830. The molecule has 5 aromatic rings. The van der Waals surface area contributed by atoms with Gasteiger partial charge in [0.05, 0.1) is 32.1 Å². The SMILES string of the molecule is COc1nc(-c2cc(O)cc3cccc(F)c23)c(F)c2nc(OC[C@@]34CCCN(C5CC(OC)C5)[C@]3(C)CCC4)nc(N3CCCn4nc(C(=O)N(C)C)cc4C3)c12. The number of carbonyl (C=O) groups excluding carboxylic acids is 1. The molecule has 1 saturated heterocycles. The number of phenolic OH excluding ortho intramolecular Hbond substituents is 1. The third-order valence-electron chi connectivity index (χ3n) is 13.5. The van der Waals surface area contributed by atoms with Crippen LogP contribution in [0, 0.1) is 17.0 Å². The van der Waals surface area contributed by atoms with Crippen molar-refractivity contribution in [3.63, 3.8) is 0 Å². The number of hydrogen-bond donors (Lipinski definition) is 1. The number of amides is 1. The molecule has 15 heteroatoms. The number of anilines is 1. The monoisotopic (exact) mass is 796 g/mol. The van der Waals surface area contributed by atoms with E-state index in [9.17, 15) is 9.90 Å². The van der Waals surface area contributed by atoms with Crippen molar-refractivity contribution in [1.82, 2.24) is 34.5 Å². The Labute approximate surface area is 335 Å².